The van der Waals surface area contributed by atoms with Crippen molar-refractivity contribution < 1.29 is 8.82 Å². The Morgan fingerprint density at radius 2 is 1.47 bits per heavy atom. The number of para-hydroxylation sites is 1. The molecule has 32 heavy (non-hydrogen) atoms. The molecule has 0 fully saturated rings. The van der Waals surface area contributed by atoms with Gasteiger partial charge in [-0.25, -0.2) is 36.1 Å². The van der Waals surface area contributed by atoms with Crippen LogP contribution >= 0.6 is 0 Å². The zero-order chi connectivity index (χ0) is 22.8. The summed E-state index contributed by atoms with van der Waals surface area (Å²) in [6.07, 6.45) is 10.6. The van der Waals surface area contributed by atoms with E-state index in [1.165, 1.54) is 33.5 Å². The van der Waals surface area contributed by atoms with E-state index in [9.17, 15) is 0 Å². The maximum Gasteiger partial charge on any atom is 0.274 e. The molecule has 1 aromatic heterocycles. The number of fused-ring (bicyclic) bond motifs is 1. The van der Waals surface area contributed by atoms with Crippen molar-refractivity contribution >= 4 is 18.6 Å². The van der Waals surface area contributed by atoms with Crippen LogP contribution in [-0.4, -0.2) is 11.3 Å². The van der Waals surface area contributed by atoms with Crippen LogP contribution in [0.2, 0.25) is 0 Å². The Bertz CT molecular complexity index is 1280. The number of aromatic nitrogens is 1. The first-order valence-electron chi connectivity index (χ1n) is 11.3. The number of pyridine rings is 1. The highest BCUT2D eigenvalue weighted by Gasteiger charge is 2.22. The SMILES string of the molecule is C=[N+](/C=c1/cccc(-c2cccc3c2[CH-]C=C[CH-]3)[n+]1=C)c1c(C(C)C)cccc1C(C)C. The predicted octanol–water partition coefficient (Wildman–Crippen LogP) is 5.98. The number of allylic oxidation sites excluding steroid dienone is 2. The van der Waals surface area contributed by atoms with Gasteiger partial charge in [0.05, 0.1) is 0 Å². The molecule has 0 amide bonds. The second-order valence-corrected chi connectivity index (χ2v) is 8.98. The average molecular weight is 421 g/mol. The Balaban J connectivity index is 1.86. The van der Waals surface area contributed by atoms with Crippen molar-refractivity contribution in [1.82, 2.24) is 0 Å². The molecule has 2 nitrogen and oxygen atoms in total. The Kier molecular flexibility index (Phi) is 6.05. The third-order valence-electron chi connectivity index (χ3n) is 6.11. The summed E-state index contributed by atoms with van der Waals surface area (Å²) < 4.78 is 4.03. The zero-order valence-corrected chi connectivity index (χ0v) is 19.5. The highest BCUT2D eigenvalue weighted by atomic mass is 15.0. The number of hydrogen-bond donors (Lipinski definition) is 0. The lowest BCUT2D eigenvalue weighted by molar-refractivity contribution is -0.506. The van der Waals surface area contributed by atoms with E-state index in [0.717, 1.165) is 11.0 Å². The number of hydrogen-bond acceptors (Lipinski definition) is 0. The highest BCUT2D eigenvalue weighted by molar-refractivity contribution is 5.69. The second kappa shape index (κ2) is 8.92. The van der Waals surface area contributed by atoms with Crippen molar-refractivity contribution in [2.75, 3.05) is 0 Å². The van der Waals surface area contributed by atoms with Crippen molar-refractivity contribution in [2.24, 2.45) is 0 Å². The molecule has 1 aliphatic rings. The van der Waals surface area contributed by atoms with Crippen molar-refractivity contribution in [2.45, 2.75) is 39.5 Å². The molecule has 0 spiro atoms. The summed E-state index contributed by atoms with van der Waals surface area (Å²) in [5.41, 5.74) is 8.51. The van der Waals surface area contributed by atoms with E-state index in [1.807, 2.05) is 8.82 Å². The molecule has 0 aliphatic heterocycles. The summed E-state index contributed by atoms with van der Waals surface area (Å²) in [5, 5.41) is 0.999. The Morgan fingerprint density at radius 1 is 0.844 bits per heavy atom. The first kappa shape index (κ1) is 21.7. The summed E-state index contributed by atoms with van der Waals surface area (Å²) >= 11 is 0. The first-order valence-corrected chi connectivity index (χ1v) is 11.3. The van der Waals surface area contributed by atoms with Gasteiger partial charge in [0.15, 0.2) is 5.69 Å². The van der Waals surface area contributed by atoms with Crippen molar-refractivity contribution in [1.29, 1.82) is 0 Å². The van der Waals surface area contributed by atoms with Gasteiger partial charge in [0.1, 0.15) is 13.4 Å². The highest BCUT2D eigenvalue weighted by Crippen LogP contribution is 2.34. The minimum Gasteiger partial charge on any atom is -0.232 e. The van der Waals surface area contributed by atoms with E-state index in [-0.39, 0.29) is 0 Å². The zero-order valence-electron chi connectivity index (χ0n) is 19.5. The van der Waals surface area contributed by atoms with E-state index in [4.69, 9.17) is 0 Å². The van der Waals surface area contributed by atoms with Crippen LogP contribution in [0.25, 0.3) is 17.5 Å². The summed E-state index contributed by atoms with van der Waals surface area (Å²) in [4.78, 5) is 0. The molecule has 1 heterocycles. The quantitative estimate of drug-likeness (QED) is 0.273. The van der Waals surface area contributed by atoms with E-state index in [0.29, 0.717) is 11.8 Å². The summed E-state index contributed by atoms with van der Waals surface area (Å²) in [6.45, 7) is 17.8. The van der Waals surface area contributed by atoms with Crippen LogP contribution < -0.4 is 9.59 Å². The van der Waals surface area contributed by atoms with Crippen LogP contribution in [-0.2, 0) is 0 Å². The largest absolute Gasteiger partial charge is 0.274 e. The fraction of sp³-hybridized carbons (Fsp3) is 0.200. The van der Waals surface area contributed by atoms with Gasteiger partial charge in [-0.2, -0.15) is 14.9 Å². The maximum atomic E-state index is 4.42. The van der Waals surface area contributed by atoms with E-state index in [2.05, 4.69) is 127 Å². The third kappa shape index (κ3) is 4.01. The van der Waals surface area contributed by atoms with Crippen LogP contribution in [0.4, 0.5) is 5.69 Å². The lowest BCUT2D eigenvalue weighted by atomic mass is 9.91. The third-order valence-corrected chi connectivity index (χ3v) is 6.11. The van der Waals surface area contributed by atoms with Crippen molar-refractivity contribution in [3.05, 3.63) is 114 Å². The predicted molar refractivity (Wildman–Crippen MR) is 135 cm³/mol. The number of nitrogens with zero attached hydrogens (tertiary/aromatic N) is 2. The van der Waals surface area contributed by atoms with Gasteiger partial charge in [-0.15, -0.1) is 12.1 Å². The van der Waals surface area contributed by atoms with E-state index < -0.39 is 0 Å². The fourth-order valence-electron chi connectivity index (χ4n) is 4.42. The van der Waals surface area contributed by atoms with Gasteiger partial charge in [-0.05, 0) is 17.9 Å². The molecular formula is C30H32N2. The minimum absolute atomic E-state index is 0.412. The van der Waals surface area contributed by atoms with Crippen LogP contribution in [0, 0.1) is 19.6 Å². The molecule has 3 aromatic rings. The molecule has 0 bridgehead atoms. The Hall–Kier alpha value is -3.52. The molecular weight excluding hydrogens is 388 g/mol. The van der Waals surface area contributed by atoms with Crippen LogP contribution in [0.3, 0.4) is 0 Å². The Morgan fingerprint density at radius 3 is 2.16 bits per heavy atom. The molecule has 0 N–H and O–H groups in total. The summed E-state index contributed by atoms with van der Waals surface area (Å²) in [6, 6.07) is 19.3. The van der Waals surface area contributed by atoms with Crippen LogP contribution in [0.5, 0.6) is 0 Å². The van der Waals surface area contributed by atoms with Crippen LogP contribution in [0.15, 0.2) is 66.7 Å². The van der Waals surface area contributed by atoms with Gasteiger partial charge in [-0.1, -0.05) is 51.5 Å². The average Bonchev–Trinajstić information content (AvgIpc) is 2.79. The van der Waals surface area contributed by atoms with Crippen molar-refractivity contribution in [3.63, 3.8) is 0 Å². The van der Waals surface area contributed by atoms with E-state index >= 15 is 0 Å². The molecule has 0 saturated heterocycles. The number of rotatable bonds is 5. The first-order chi connectivity index (χ1) is 15.4. The second-order valence-electron chi connectivity index (χ2n) is 8.98. The molecule has 2 heteroatoms. The van der Waals surface area contributed by atoms with Gasteiger partial charge in [0, 0.05) is 23.3 Å². The van der Waals surface area contributed by atoms with Gasteiger partial charge in [0.25, 0.3) is 5.35 Å². The maximum absolute atomic E-state index is 4.42. The van der Waals surface area contributed by atoms with Gasteiger partial charge >= 0.3 is 0 Å². The molecule has 1 aliphatic carbocycles. The van der Waals surface area contributed by atoms with E-state index in [1.54, 1.807) is 0 Å². The van der Waals surface area contributed by atoms with Gasteiger partial charge in [-0.3, -0.25) is 0 Å². The molecule has 0 saturated carbocycles. The monoisotopic (exact) mass is 420 g/mol. The normalized spacial score (nSPS) is 13.1. The lowest BCUT2D eigenvalue weighted by Crippen LogP contribution is -2.38. The van der Waals surface area contributed by atoms with Gasteiger partial charge < -0.3 is 0 Å². The molecule has 0 unspecified atom stereocenters. The minimum atomic E-state index is 0.412. The molecule has 2 aromatic carbocycles. The van der Waals surface area contributed by atoms with Crippen LogP contribution in [0.1, 0.15) is 61.8 Å². The summed E-state index contributed by atoms with van der Waals surface area (Å²) in [5.74, 6) is 0.825. The summed E-state index contributed by atoms with van der Waals surface area (Å²) in [7, 11) is 0. The molecule has 162 valence electrons. The fourth-order valence-corrected chi connectivity index (χ4v) is 4.42. The molecule has 0 radical (unpaired) electrons. The standard InChI is InChI=1S/C30H32N2/c1-21(2)25-16-11-17-26(22(3)4)30(25)31(5)20-24-14-10-19-29(32(24)6)28-18-9-13-23-12-7-8-15-27(23)28/h7-22H,5-6H2,1-4H3/b24-20-. The number of benzene rings is 2. The Labute approximate surface area is 192 Å². The molecule has 4 rings (SSSR count). The topological polar surface area (TPSA) is 8.91 Å². The van der Waals surface area contributed by atoms with Crippen molar-refractivity contribution in [3.8, 4) is 11.3 Å². The molecule has 0 atom stereocenters. The smallest absolute Gasteiger partial charge is 0.232 e. The van der Waals surface area contributed by atoms with Gasteiger partial charge in [0.2, 0.25) is 11.9 Å². The lowest BCUT2D eigenvalue weighted by Gasteiger charge is -2.29.